The Morgan fingerprint density at radius 3 is 2.30 bits per heavy atom. The Morgan fingerprint density at radius 1 is 0.919 bits per heavy atom. The van der Waals surface area contributed by atoms with Crippen LogP contribution in [0.15, 0.2) is 82.8 Å². The van der Waals surface area contributed by atoms with Gasteiger partial charge in [0.1, 0.15) is 30.3 Å². The van der Waals surface area contributed by atoms with Gasteiger partial charge in [0, 0.05) is 4.47 Å². The van der Waals surface area contributed by atoms with E-state index in [0.717, 1.165) is 21.5 Å². The van der Waals surface area contributed by atoms with Crippen molar-refractivity contribution in [1.29, 1.82) is 0 Å². The lowest BCUT2D eigenvalue weighted by Gasteiger charge is -2.26. The van der Waals surface area contributed by atoms with E-state index in [1.807, 2.05) is 18.2 Å². The molecule has 1 atom stereocenters. The predicted molar refractivity (Wildman–Crippen MR) is 146 cm³/mol. The summed E-state index contributed by atoms with van der Waals surface area (Å²) in [7, 11) is 0. The maximum atomic E-state index is 13.0. The molecule has 0 aromatic heterocycles. The number of hydrogen-bond acceptors (Lipinski definition) is 5. The van der Waals surface area contributed by atoms with Crippen LogP contribution in [-0.2, 0) is 9.59 Å². The molecule has 1 aliphatic heterocycles. The molecule has 3 aromatic rings. The third kappa shape index (κ3) is 6.27. The van der Waals surface area contributed by atoms with E-state index >= 15 is 0 Å². The average molecular weight is 563 g/mol. The van der Waals surface area contributed by atoms with Crippen LogP contribution in [0.1, 0.15) is 37.3 Å². The highest BCUT2D eigenvalue weighted by molar-refractivity contribution is 9.10. The van der Waals surface area contributed by atoms with Gasteiger partial charge in [-0.2, -0.15) is 0 Å². The summed E-state index contributed by atoms with van der Waals surface area (Å²) in [5.41, 5.74) is 2.03. The van der Waals surface area contributed by atoms with Gasteiger partial charge in [-0.15, -0.1) is 0 Å². The van der Waals surface area contributed by atoms with Crippen LogP contribution < -0.4 is 19.7 Å². The third-order valence-electron chi connectivity index (χ3n) is 6.05. The second-order valence-corrected chi connectivity index (χ2v) is 9.46. The lowest BCUT2D eigenvalue weighted by atomic mass is 9.98. The molecule has 3 aromatic carbocycles. The minimum Gasteiger partial charge on any atom is -0.490 e. The van der Waals surface area contributed by atoms with Crippen molar-refractivity contribution in [3.05, 3.63) is 94.0 Å². The van der Waals surface area contributed by atoms with E-state index in [4.69, 9.17) is 9.47 Å². The molecule has 1 unspecified atom stereocenters. The summed E-state index contributed by atoms with van der Waals surface area (Å²) in [6.07, 6.45) is 2.49. The Balaban J connectivity index is 1.38. The molecule has 1 fully saturated rings. The van der Waals surface area contributed by atoms with Crippen molar-refractivity contribution in [2.45, 2.75) is 26.2 Å². The minimum absolute atomic E-state index is 0.135. The van der Waals surface area contributed by atoms with E-state index in [0.29, 0.717) is 36.1 Å². The molecule has 190 valence electrons. The molecular weight excluding hydrogens is 536 g/mol. The number of para-hydroxylation sites is 1. The largest absolute Gasteiger partial charge is 0.490 e. The first-order chi connectivity index (χ1) is 17.9. The Hall–Kier alpha value is -3.91. The normalized spacial score (nSPS) is 15.5. The van der Waals surface area contributed by atoms with Crippen molar-refractivity contribution >= 4 is 45.5 Å². The fourth-order valence-electron chi connectivity index (χ4n) is 3.86. The van der Waals surface area contributed by atoms with Gasteiger partial charge in [-0.05, 0) is 72.0 Å². The van der Waals surface area contributed by atoms with Crippen LogP contribution in [-0.4, -0.2) is 31.1 Å². The number of urea groups is 1. The zero-order valence-electron chi connectivity index (χ0n) is 20.6. The molecule has 1 saturated heterocycles. The molecule has 0 aliphatic carbocycles. The molecule has 4 amide bonds. The first-order valence-electron chi connectivity index (χ1n) is 12.0. The van der Waals surface area contributed by atoms with Crippen molar-refractivity contribution in [1.82, 2.24) is 5.32 Å². The summed E-state index contributed by atoms with van der Waals surface area (Å²) < 4.78 is 12.5. The Morgan fingerprint density at radius 2 is 1.59 bits per heavy atom. The second-order valence-electron chi connectivity index (χ2n) is 8.55. The molecule has 4 rings (SSSR count). The van der Waals surface area contributed by atoms with Gasteiger partial charge in [0.2, 0.25) is 0 Å². The molecule has 0 spiro atoms. The third-order valence-corrected chi connectivity index (χ3v) is 6.58. The van der Waals surface area contributed by atoms with Crippen molar-refractivity contribution in [2.75, 3.05) is 18.1 Å². The van der Waals surface area contributed by atoms with Gasteiger partial charge in [0.15, 0.2) is 0 Å². The highest BCUT2D eigenvalue weighted by Gasteiger charge is 2.36. The van der Waals surface area contributed by atoms with E-state index in [1.54, 1.807) is 48.5 Å². The number of nitrogens with zero attached hydrogens (tertiary/aromatic N) is 1. The molecule has 1 aliphatic rings. The lowest BCUT2D eigenvalue weighted by Crippen LogP contribution is -2.54. The van der Waals surface area contributed by atoms with Crippen molar-refractivity contribution < 1.29 is 23.9 Å². The van der Waals surface area contributed by atoms with Gasteiger partial charge in [0.25, 0.3) is 11.8 Å². The van der Waals surface area contributed by atoms with Gasteiger partial charge < -0.3 is 9.47 Å². The van der Waals surface area contributed by atoms with Gasteiger partial charge in [0.05, 0.1) is 5.69 Å². The first-order valence-corrected chi connectivity index (χ1v) is 12.8. The molecule has 8 heteroatoms. The number of rotatable bonds is 9. The zero-order chi connectivity index (χ0) is 26.4. The second kappa shape index (κ2) is 11.9. The summed E-state index contributed by atoms with van der Waals surface area (Å²) in [6.45, 7) is 5.09. The number of amides is 4. The van der Waals surface area contributed by atoms with Crippen LogP contribution in [0.4, 0.5) is 10.5 Å². The number of halogens is 1. The number of imide groups is 2. The number of carbonyl (C=O) groups excluding carboxylic acids is 3. The number of hydrogen-bond donors (Lipinski definition) is 1. The van der Waals surface area contributed by atoms with E-state index in [9.17, 15) is 14.4 Å². The summed E-state index contributed by atoms with van der Waals surface area (Å²) in [5.74, 6) is 0.488. The molecule has 0 bridgehead atoms. The summed E-state index contributed by atoms with van der Waals surface area (Å²) in [4.78, 5) is 38.7. The predicted octanol–water partition coefficient (Wildman–Crippen LogP) is 6.09. The first kappa shape index (κ1) is 26.2. The molecular formula is C29H27BrN2O5. The molecule has 0 radical (unpaired) electrons. The van der Waals surface area contributed by atoms with Gasteiger partial charge in [-0.1, -0.05) is 60.1 Å². The van der Waals surface area contributed by atoms with Crippen LogP contribution in [0.2, 0.25) is 0 Å². The summed E-state index contributed by atoms with van der Waals surface area (Å²) in [5, 5.41) is 2.23. The van der Waals surface area contributed by atoms with Crippen LogP contribution >= 0.6 is 15.9 Å². The average Bonchev–Trinajstić information content (AvgIpc) is 2.90. The van der Waals surface area contributed by atoms with Gasteiger partial charge in [-0.3, -0.25) is 14.9 Å². The van der Waals surface area contributed by atoms with Crippen LogP contribution in [0.5, 0.6) is 11.5 Å². The SMILES string of the molecule is CCC(C)c1ccccc1OCCOc1ccc(/C=C2\C(=O)NC(=O)N(c3ccc(Br)cc3)C2=O)cc1. The Labute approximate surface area is 224 Å². The smallest absolute Gasteiger partial charge is 0.335 e. The minimum atomic E-state index is -0.785. The van der Waals surface area contributed by atoms with Crippen molar-refractivity contribution in [3.63, 3.8) is 0 Å². The van der Waals surface area contributed by atoms with E-state index in [2.05, 4.69) is 41.2 Å². The van der Waals surface area contributed by atoms with Gasteiger partial charge in [-0.25, -0.2) is 9.69 Å². The number of nitrogens with one attached hydrogen (secondary N) is 1. The number of anilines is 1. The number of benzene rings is 3. The summed E-state index contributed by atoms with van der Waals surface area (Å²) in [6, 6.07) is 20.9. The fraction of sp³-hybridized carbons (Fsp3) is 0.207. The fourth-order valence-corrected chi connectivity index (χ4v) is 4.12. The van der Waals surface area contributed by atoms with Crippen LogP contribution in [0, 0.1) is 0 Å². The van der Waals surface area contributed by atoms with E-state index in [-0.39, 0.29) is 5.57 Å². The molecule has 7 nitrogen and oxygen atoms in total. The van der Waals surface area contributed by atoms with Crippen molar-refractivity contribution in [3.8, 4) is 11.5 Å². The molecule has 1 heterocycles. The standard InChI is InChI=1S/C29H27BrN2O5/c1-3-19(2)24-6-4-5-7-26(24)37-17-16-36-23-14-8-20(9-15-23)18-25-27(33)31-29(35)32(28(25)34)22-12-10-21(30)11-13-22/h4-15,18-19H,3,16-17H2,1-2H3,(H,31,33,35)/b25-18+. The van der Waals surface area contributed by atoms with E-state index < -0.39 is 17.8 Å². The maximum Gasteiger partial charge on any atom is 0.335 e. The number of barbiturate groups is 1. The van der Waals surface area contributed by atoms with Gasteiger partial charge >= 0.3 is 6.03 Å². The van der Waals surface area contributed by atoms with Crippen LogP contribution in [0.25, 0.3) is 6.08 Å². The Bertz CT molecular complexity index is 1320. The summed E-state index contributed by atoms with van der Waals surface area (Å²) >= 11 is 3.33. The monoisotopic (exact) mass is 562 g/mol. The van der Waals surface area contributed by atoms with E-state index in [1.165, 1.54) is 11.6 Å². The highest BCUT2D eigenvalue weighted by Crippen LogP contribution is 2.28. The topological polar surface area (TPSA) is 84.9 Å². The Kier molecular flexibility index (Phi) is 8.40. The molecule has 0 saturated carbocycles. The quantitative estimate of drug-likeness (QED) is 0.194. The lowest BCUT2D eigenvalue weighted by molar-refractivity contribution is -0.122. The number of carbonyl (C=O) groups is 3. The molecule has 37 heavy (non-hydrogen) atoms. The number of ether oxygens (including phenoxy) is 2. The maximum absolute atomic E-state index is 13.0. The van der Waals surface area contributed by atoms with Crippen molar-refractivity contribution in [2.24, 2.45) is 0 Å². The molecule has 1 N–H and O–H groups in total. The highest BCUT2D eigenvalue weighted by atomic mass is 79.9. The van der Waals surface area contributed by atoms with Crippen LogP contribution in [0.3, 0.4) is 0 Å². The zero-order valence-corrected chi connectivity index (χ0v) is 22.2.